The van der Waals surface area contributed by atoms with Crippen molar-refractivity contribution in [1.29, 1.82) is 0 Å². The summed E-state index contributed by atoms with van der Waals surface area (Å²) in [7, 11) is 0. The number of anilines is 3. The van der Waals surface area contributed by atoms with Crippen LogP contribution in [0.15, 0.2) is 174 Å². The average Bonchev–Trinajstić information content (AvgIpc) is 4.06. The highest BCUT2D eigenvalue weighted by molar-refractivity contribution is 7.01. The lowest BCUT2D eigenvalue weighted by Gasteiger charge is -2.38. The van der Waals surface area contributed by atoms with Crippen LogP contribution in [0.2, 0.25) is 0 Å². The molecule has 3 heteroatoms. The Morgan fingerprint density at radius 1 is 0.364 bits per heavy atom. The molecule has 0 amide bonds. The summed E-state index contributed by atoms with van der Waals surface area (Å²) in [4.78, 5) is 2.65. The van der Waals surface area contributed by atoms with Crippen LogP contribution in [0.3, 0.4) is 0 Å². The predicted octanol–water partition coefficient (Wildman–Crippen LogP) is 14.5. The van der Waals surface area contributed by atoms with Gasteiger partial charge in [0.25, 0.3) is 0 Å². The zero-order chi connectivity index (χ0) is 44.2. The van der Waals surface area contributed by atoms with E-state index in [1.165, 1.54) is 122 Å². The Morgan fingerprint density at radius 3 is 1.62 bits per heavy atom. The third kappa shape index (κ3) is 4.44. The third-order valence-electron chi connectivity index (χ3n) is 16.9. The fourth-order valence-electron chi connectivity index (χ4n) is 13.6. The van der Waals surface area contributed by atoms with Crippen molar-refractivity contribution < 1.29 is 4.42 Å². The SMILES string of the molecule is CC1(C)c2ccccc2-c2ccc(N3c4cc5c(cc4B4c6cc7c(cc6-c6cc(-c8ccc9oc%10ccccc%10c9c8)cc3c64)C(C)(C)c3ccccc3-7)-c3ccccc3C5(C)C)cc21. The van der Waals surface area contributed by atoms with E-state index in [9.17, 15) is 0 Å². The summed E-state index contributed by atoms with van der Waals surface area (Å²) < 4.78 is 6.38. The Hall–Kier alpha value is -7.36. The minimum Gasteiger partial charge on any atom is -0.456 e. The molecule has 10 aromatic rings. The summed E-state index contributed by atoms with van der Waals surface area (Å²) in [5.41, 5.74) is 30.9. The number of nitrogens with zero attached hydrogens (tertiary/aromatic N) is 1. The maximum Gasteiger partial charge on any atom is 0.248 e. The van der Waals surface area contributed by atoms with Crippen molar-refractivity contribution >= 4 is 62.1 Å². The summed E-state index contributed by atoms with van der Waals surface area (Å²) in [5.74, 6) is 0. The predicted molar refractivity (Wildman–Crippen MR) is 277 cm³/mol. The molecule has 0 N–H and O–H groups in total. The number of para-hydroxylation sites is 1. The standard InChI is InChI=1S/C63H46BNO/c1-61(2)48-19-11-7-15-38(48)41-25-24-37(30-51(41)61)65-56-34-53-44(40-17-9-13-21-50(40)63(53,5)6)33-55(56)64-54-32-43-39-16-8-12-20-49(39)62(3,4)52(43)31-45(54)47-28-36(29-57(65)60(47)64)35-23-26-59-46(27-35)42-18-10-14-22-58(42)66-59/h7-34H,1-6H3. The second-order valence-electron chi connectivity index (χ2n) is 21.2. The fourth-order valence-corrected chi connectivity index (χ4v) is 13.6. The monoisotopic (exact) mass is 843 g/mol. The zero-order valence-electron chi connectivity index (χ0n) is 38.1. The van der Waals surface area contributed by atoms with Gasteiger partial charge < -0.3 is 9.32 Å². The van der Waals surface area contributed by atoms with Gasteiger partial charge in [-0.3, -0.25) is 0 Å². The maximum absolute atomic E-state index is 6.38. The van der Waals surface area contributed by atoms with Crippen LogP contribution in [0.4, 0.5) is 17.1 Å². The molecule has 3 heterocycles. The molecule has 0 radical (unpaired) electrons. The smallest absolute Gasteiger partial charge is 0.248 e. The van der Waals surface area contributed by atoms with Crippen LogP contribution in [-0.2, 0) is 16.2 Å². The largest absolute Gasteiger partial charge is 0.456 e. The number of rotatable bonds is 2. The number of furan rings is 1. The van der Waals surface area contributed by atoms with Crippen LogP contribution >= 0.6 is 0 Å². The minimum atomic E-state index is -0.159. The van der Waals surface area contributed by atoms with E-state index in [-0.39, 0.29) is 23.0 Å². The van der Waals surface area contributed by atoms with Crippen LogP contribution in [0.25, 0.3) is 77.6 Å². The lowest BCUT2D eigenvalue weighted by molar-refractivity contribution is 0.660. The first-order chi connectivity index (χ1) is 32.0. The molecule has 5 aliphatic rings. The molecule has 0 spiro atoms. The molecule has 2 aliphatic heterocycles. The van der Waals surface area contributed by atoms with Gasteiger partial charge in [-0.1, -0.05) is 168 Å². The van der Waals surface area contributed by atoms with E-state index in [2.05, 4.69) is 216 Å². The van der Waals surface area contributed by atoms with Gasteiger partial charge >= 0.3 is 0 Å². The molecule has 0 saturated heterocycles. The molecular weight excluding hydrogens is 798 g/mol. The Bertz CT molecular complexity index is 3880. The molecule has 2 nitrogen and oxygen atoms in total. The normalized spacial score (nSPS) is 16.3. The summed E-state index contributed by atoms with van der Waals surface area (Å²) in [6.07, 6.45) is 0. The average molecular weight is 844 g/mol. The van der Waals surface area contributed by atoms with Crippen LogP contribution in [0.5, 0.6) is 0 Å². The van der Waals surface area contributed by atoms with E-state index in [4.69, 9.17) is 4.42 Å². The number of benzene rings is 9. The number of hydrogen-bond donors (Lipinski definition) is 0. The van der Waals surface area contributed by atoms with E-state index in [1.54, 1.807) is 0 Å². The van der Waals surface area contributed by atoms with Crippen molar-refractivity contribution in [2.24, 2.45) is 0 Å². The van der Waals surface area contributed by atoms with Gasteiger partial charge in [-0.2, -0.15) is 0 Å². The fraction of sp³-hybridized carbons (Fsp3) is 0.143. The van der Waals surface area contributed by atoms with Crippen molar-refractivity contribution in [3.8, 4) is 55.6 Å². The Labute approximate surface area is 386 Å². The first-order valence-corrected chi connectivity index (χ1v) is 23.7. The summed E-state index contributed by atoms with van der Waals surface area (Å²) >= 11 is 0. The van der Waals surface area contributed by atoms with E-state index in [0.717, 1.165) is 21.9 Å². The quantitative estimate of drug-likeness (QED) is 0.161. The molecule has 312 valence electrons. The molecule has 0 saturated carbocycles. The Kier molecular flexibility index (Phi) is 6.77. The summed E-state index contributed by atoms with van der Waals surface area (Å²) in [6.45, 7) is 14.5. The molecule has 1 aromatic heterocycles. The molecule has 0 bridgehead atoms. The van der Waals surface area contributed by atoms with E-state index in [1.807, 2.05) is 0 Å². The van der Waals surface area contributed by atoms with Gasteiger partial charge in [0.15, 0.2) is 0 Å². The summed E-state index contributed by atoms with van der Waals surface area (Å²) in [6, 6.07) is 65.1. The van der Waals surface area contributed by atoms with Crippen molar-refractivity contribution in [2.45, 2.75) is 57.8 Å². The first kappa shape index (κ1) is 36.9. The number of fused-ring (bicyclic) bond motifs is 17. The van der Waals surface area contributed by atoms with Crippen LogP contribution in [0, 0.1) is 0 Å². The lowest BCUT2D eigenvalue weighted by atomic mass is 9.36. The molecular formula is C63H46BNO. The highest BCUT2D eigenvalue weighted by Gasteiger charge is 2.48. The third-order valence-corrected chi connectivity index (χ3v) is 16.9. The van der Waals surface area contributed by atoms with E-state index >= 15 is 0 Å². The van der Waals surface area contributed by atoms with Gasteiger partial charge in [-0.05, 0) is 148 Å². The van der Waals surface area contributed by atoms with Crippen LogP contribution in [-0.4, -0.2) is 6.71 Å². The van der Waals surface area contributed by atoms with Gasteiger partial charge in [0, 0.05) is 44.1 Å². The van der Waals surface area contributed by atoms with E-state index in [0.29, 0.717) is 0 Å². The van der Waals surface area contributed by atoms with Gasteiger partial charge in [-0.25, -0.2) is 0 Å². The van der Waals surface area contributed by atoms with Crippen molar-refractivity contribution in [3.63, 3.8) is 0 Å². The van der Waals surface area contributed by atoms with Crippen LogP contribution in [0.1, 0.15) is 74.9 Å². The van der Waals surface area contributed by atoms with Gasteiger partial charge in [0.2, 0.25) is 6.71 Å². The lowest BCUT2D eigenvalue weighted by Crippen LogP contribution is -2.55. The molecule has 9 aromatic carbocycles. The first-order valence-electron chi connectivity index (χ1n) is 23.7. The molecule has 0 unspecified atom stereocenters. The molecule has 3 aliphatic carbocycles. The second-order valence-corrected chi connectivity index (χ2v) is 21.2. The highest BCUT2D eigenvalue weighted by Crippen LogP contribution is 2.56. The molecule has 0 fully saturated rings. The van der Waals surface area contributed by atoms with Crippen molar-refractivity contribution in [1.82, 2.24) is 0 Å². The topological polar surface area (TPSA) is 16.4 Å². The van der Waals surface area contributed by atoms with E-state index < -0.39 is 0 Å². The molecule has 66 heavy (non-hydrogen) atoms. The Morgan fingerprint density at radius 2 is 0.924 bits per heavy atom. The highest BCUT2D eigenvalue weighted by atomic mass is 16.3. The van der Waals surface area contributed by atoms with Crippen LogP contribution < -0.4 is 21.3 Å². The minimum absolute atomic E-state index is 0.0584. The second kappa shape index (κ2) is 12.1. The van der Waals surface area contributed by atoms with Gasteiger partial charge in [0.05, 0.1) is 0 Å². The van der Waals surface area contributed by atoms with Gasteiger partial charge in [-0.15, -0.1) is 0 Å². The van der Waals surface area contributed by atoms with Crippen molar-refractivity contribution in [3.05, 3.63) is 203 Å². The molecule has 15 rings (SSSR count). The zero-order valence-corrected chi connectivity index (χ0v) is 38.1. The van der Waals surface area contributed by atoms with Crippen molar-refractivity contribution in [2.75, 3.05) is 4.90 Å². The van der Waals surface area contributed by atoms with Gasteiger partial charge in [0.1, 0.15) is 11.2 Å². The summed E-state index contributed by atoms with van der Waals surface area (Å²) in [5, 5.41) is 2.29. The Balaban J connectivity index is 1.05. The molecule has 0 atom stereocenters. The number of hydrogen-bond acceptors (Lipinski definition) is 2. The maximum atomic E-state index is 6.38.